The van der Waals surface area contributed by atoms with Crippen LogP contribution in [0.1, 0.15) is 20.3 Å². The van der Waals surface area contributed by atoms with Crippen molar-refractivity contribution < 1.29 is 9.53 Å². The van der Waals surface area contributed by atoms with Crippen molar-refractivity contribution >= 4 is 5.97 Å². The number of hydrogen-bond acceptors (Lipinski definition) is 4. The SMILES string of the molecule is CCOC(=O)C(CN1CCC(C)C1)NC. The lowest BCUT2D eigenvalue weighted by Crippen LogP contribution is -2.44. The van der Waals surface area contributed by atoms with E-state index in [9.17, 15) is 4.79 Å². The molecule has 1 heterocycles. The minimum Gasteiger partial charge on any atom is -0.465 e. The molecule has 0 bridgehead atoms. The lowest BCUT2D eigenvalue weighted by molar-refractivity contribution is -0.146. The van der Waals surface area contributed by atoms with E-state index in [-0.39, 0.29) is 12.0 Å². The Hall–Kier alpha value is -0.610. The van der Waals surface area contributed by atoms with E-state index in [0.29, 0.717) is 6.61 Å². The Morgan fingerprint density at radius 2 is 2.40 bits per heavy atom. The minimum absolute atomic E-state index is 0.139. The predicted octanol–water partition coefficient (Wildman–Crippen LogP) is 0.479. The first-order chi connectivity index (χ1) is 7.17. The first-order valence-electron chi connectivity index (χ1n) is 5.73. The van der Waals surface area contributed by atoms with Crippen molar-refractivity contribution in [2.45, 2.75) is 26.3 Å². The summed E-state index contributed by atoms with van der Waals surface area (Å²) >= 11 is 0. The van der Waals surface area contributed by atoms with E-state index >= 15 is 0 Å². The lowest BCUT2D eigenvalue weighted by Gasteiger charge is -2.21. The Morgan fingerprint density at radius 3 is 2.87 bits per heavy atom. The van der Waals surface area contributed by atoms with E-state index < -0.39 is 0 Å². The van der Waals surface area contributed by atoms with Crippen LogP contribution in [0.5, 0.6) is 0 Å². The zero-order valence-electron chi connectivity index (χ0n) is 9.95. The molecule has 1 aliphatic rings. The molecule has 0 aromatic carbocycles. The fourth-order valence-electron chi connectivity index (χ4n) is 1.98. The summed E-state index contributed by atoms with van der Waals surface area (Å²) < 4.78 is 5.00. The highest BCUT2D eigenvalue weighted by Gasteiger charge is 2.25. The average molecular weight is 214 g/mol. The van der Waals surface area contributed by atoms with Gasteiger partial charge in [0, 0.05) is 13.1 Å². The van der Waals surface area contributed by atoms with E-state index in [0.717, 1.165) is 25.6 Å². The number of rotatable bonds is 5. The molecule has 88 valence electrons. The Kier molecular flexibility index (Phi) is 5.05. The van der Waals surface area contributed by atoms with Gasteiger partial charge in [0.25, 0.3) is 0 Å². The first kappa shape index (κ1) is 12.5. The third kappa shape index (κ3) is 3.80. The number of hydrogen-bond donors (Lipinski definition) is 1. The van der Waals surface area contributed by atoms with Crippen LogP contribution in [0.15, 0.2) is 0 Å². The number of likely N-dealkylation sites (N-methyl/N-ethyl adjacent to an activating group) is 1. The van der Waals surface area contributed by atoms with E-state index in [1.54, 1.807) is 7.05 Å². The van der Waals surface area contributed by atoms with Crippen LogP contribution in [-0.4, -0.2) is 50.2 Å². The number of nitrogens with one attached hydrogen (secondary N) is 1. The number of nitrogens with zero attached hydrogens (tertiary/aromatic N) is 1. The monoisotopic (exact) mass is 214 g/mol. The number of ether oxygens (including phenoxy) is 1. The Morgan fingerprint density at radius 1 is 1.67 bits per heavy atom. The summed E-state index contributed by atoms with van der Waals surface area (Å²) in [5.74, 6) is 0.615. The second kappa shape index (κ2) is 6.08. The molecule has 1 aliphatic heterocycles. The molecule has 0 radical (unpaired) electrons. The van der Waals surface area contributed by atoms with Gasteiger partial charge in [0.2, 0.25) is 0 Å². The van der Waals surface area contributed by atoms with Crippen molar-refractivity contribution in [1.82, 2.24) is 10.2 Å². The molecule has 0 aliphatic carbocycles. The third-order valence-corrected chi connectivity index (χ3v) is 2.87. The highest BCUT2D eigenvalue weighted by atomic mass is 16.5. The van der Waals surface area contributed by atoms with Crippen LogP contribution in [0.4, 0.5) is 0 Å². The minimum atomic E-state index is -0.185. The van der Waals surface area contributed by atoms with Gasteiger partial charge in [0.05, 0.1) is 6.61 Å². The number of carbonyl (C=O) groups is 1. The maximum absolute atomic E-state index is 11.5. The molecule has 0 aromatic heterocycles. The van der Waals surface area contributed by atoms with Gasteiger partial charge in [-0.2, -0.15) is 0 Å². The zero-order chi connectivity index (χ0) is 11.3. The molecule has 2 atom stereocenters. The van der Waals surface area contributed by atoms with Crippen molar-refractivity contribution in [3.05, 3.63) is 0 Å². The van der Waals surface area contributed by atoms with Crippen LogP contribution in [0.3, 0.4) is 0 Å². The Balaban J connectivity index is 2.36. The summed E-state index contributed by atoms with van der Waals surface area (Å²) in [5, 5.41) is 3.01. The molecule has 1 rings (SSSR count). The molecule has 0 saturated carbocycles. The van der Waals surface area contributed by atoms with Crippen LogP contribution in [-0.2, 0) is 9.53 Å². The predicted molar refractivity (Wildman–Crippen MR) is 59.7 cm³/mol. The van der Waals surface area contributed by atoms with Gasteiger partial charge in [0.15, 0.2) is 0 Å². The van der Waals surface area contributed by atoms with Crippen molar-refractivity contribution in [3.8, 4) is 0 Å². The average Bonchev–Trinajstić information content (AvgIpc) is 2.61. The molecule has 0 aromatic rings. The number of esters is 1. The van der Waals surface area contributed by atoms with Crippen LogP contribution in [0, 0.1) is 5.92 Å². The largest absolute Gasteiger partial charge is 0.465 e. The Labute approximate surface area is 92.0 Å². The van der Waals surface area contributed by atoms with E-state index in [2.05, 4.69) is 17.1 Å². The van der Waals surface area contributed by atoms with Crippen LogP contribution < -0.4 is 5.32 Å². The number of carbonyl (C=O) groups excluding carboxylic acids is 1. The summed E-state index contributed by atoms with van der Waals surface area (Å²) in [7, 11) is 1.81. The van der Waals surface area contributed by atoms with Crippen LogP contribution in [0.25, 0.3) is 0 Å². The molecule has 1 fully saturated rings. The highest BCUT2D eigenvalue weighted by Crippen LogP contribution is 2.15. The Bertz CT molecular complexity index is 209. The quantitative estimate of drug-likeness (QED) is 0.676. The van der Waals surface area contributed by atoms with E-state index in [1.807, 2.05) is 6.92 Å². The molecule has 0 spiro atoms. The fraction of sp³-hybridized carbons (Fsp3) is 0.909. The maximum atomic E-state index is 11.5. The van der Waals surface area contributed by atoms with E-state index in [4.69, 9.17) is 4.74 Å². The van der Waals surface area contributed by atoms with Gasteiger partial charge < -0.3 is 15.0 Å². The van der Waals surface area contributed by atoms with Crippen molar-refractivity contribution in [2.75, 3.05) is 33.3 Å². The summed E-state index contributed by atoms with van der Waals surface area (Å²) in [4.78, 5) is 13.9. The zero-order valence-corrected chi connectivity index (χ0v) is 9.95. The molecule has 4 heteroatoms. The lowest BCUT2D eigenvalue weighted by atomic mass is 10.2. The molecular weight excluding hydrogens is 192 g/mol. The van der Waals surface area contributed by atoms with Crippen LogP contribution in [0.2, 0.25) is 0 Å². The van der Waals surface area contributed by atoms with Crippen molar-refractivity contribution in [2.24, 2.45) is 5.92 Å². The van der Waals surface area contributed by atoms with Gasteiger partial charge in [-0.05, 0) is 32.9 Å². The second-order valence-corrected chi connectivity index (χ2v) is 4.25. The third-order valence-electron chi connectivity index (χ3n) is 2.87. The van der Waals surface area contributed by atoms with Gasteiger partial charge in [-0.25, -0.2) is 0 Å². The topological polar surface area (TPSA) is 41.6 Å². The summed E-state index contributed by atoms with van der Waals surface area (Å²) in [6.45, 7) is 7.49. The van der Waals surface area contributed by atoms with Gasteiger partial charge in [0.1, 0.15) is 6.04 Å². The normalized spacial score (nSPS) is 24.1. The van der Waals surface area contributed by atoms with Crippen LogP contribution >= 0.6 is 0 Å². The molecular formula is C11H22N2O2. The van der Waals surface area contributed by atoms with Crippen molar-refractivity contribution in [1.29, 1.82) is 0 Å². The maximum Gasteiger partial charge on any atom is 0.324 e. The number of likely N-dealkylation sites (tertiary alicyclic amines) is 1. The van der Waals surface area contributed by atoms with Gasteiger partial charge in [-0.3, -0.25) is 4.79 Å². The van der Waals surface area contributed by atoms with Crippen molar-refractivity contribution in [3.63, 3.8) is 0 Å². The molecule has 4 nitrogen and oxygen atoms in total. The molecule has 15 heavy (non-hydrogen) atoms. The van der Waals surface area contributed by atoms with Gasteiger partial charge in [-0.15, -0.1) is 0 Å². The standard InChI is InChI=1S/C11H22N2O2/c1-4-15-11(14)10(12-3)8-13-6-5-9(2)7-13/h9-10,12H,4-8H2,1-3H3. The second-order valence-electron chi connectivity index (χ2n) is 4.25. The van der Waals surface area contributed by atoms with E-state index in [1.165, 1.54) is 6.42 Å². The molecule has 1 N–H and O–H groups in total. The summed E-state index contributed by atoms with van der Waals surface area (Å²) in [6.07, 6.45) is 1.24. The molecule has 2 unspecified atom stereocenters. The van der Waals surface area contributed by atoms with Gasteiger partial charge in [-0.1, -0.05) is 6.92 Å². The first-order valence-corrected chi connectivity index (χ1v) is 5.73. The smallest absolute Gasteiger partial charge is 0.324 e. The summed E-state index contributed by atoms with van der Waals surface area (Å²) in [5.41, 5.74) is 0. The van der Waals surface area contributed by atoms with Gasteiger partial charge >= 0.3 is 5.97 Å². The fourth-order valence-corrected chi connectivity index (χ4v) is 1.98. The molecule has 1 saturated heterocycles. The summed E-state index contributed by atoms with van der Waals surface area (Å²) in [6, 6.07) is -0.185. The highest BCUT2D eigenvalue weighted by molar-refractivity contribution is 5.76. The molecule has 0 amide bonds.